The molecule has 18 heavy (non-hydrogen) atoms. The van der Waals surface area contributed by atoms with Crippen LogP contribution in [0.1, 0.15) is 5.69 Å². The van der Waals surface area contributed by atoms with Gasteiger partial charge in [-0.25, -0.2) is 4.98 Å². The second-order valence-electron chi connectivity index (χ2n) is 3.84. The van der Waals surface area contributed by atoms with Crippen LogP contribution in [0.4, 0.5) is 5.95 Å². The number of hydrogen-bond acceptors (Lipinski definition) is 2. The van der Waals surface area contributed by atoms with E-state index in [1.54, 1.807) is 0 Å². The molecule has 0 bridgehead atoms. The smallest absolute Gasteiger partial charge is 0.207 e. The van der Waals surface area contributed by atoms with E-state index < -0.39 is 0 Å². The van der Waals surface area contributed by atoms with Crippen molar-refractivity contribution < 1.29 is 0 Å². The second kappa shape index (κ2) is 5.88. The molecule has 2 rings (SSSR count). The van der Waals surface area contributed by atoms with Gasteiger partial charge in [0.1, 0.15) is 0 Å². The summed E-state index contributed by atoms with van der Waals surface area (Å²) in [5.74, 6) is 0.838. The quantitative estimate of drug-likeness (QED) is 0.598. The van der Waals surface area contributed by atoms with Crippen LogP contribution in [0.2, 0.25) is 0 Å². The first-order valence-corrected chi connectivity index (χ1v) is 7.35. The highest BCUT2D eigenvalue weighted by atomic mass is 127. The number of rotatable bonds is 4. The Labute approximate surface area is 129 Å². The Balaban J connectivity index is 2.42. The first kappa shape index (κ1) is 13.6. The molecular formula is C13H13BrIN3. The number of nitrogens with one attached hydrogen (secondary N) is 1. The van der Waals surface area contributed by atoms with E-state index in [0.717, 1.165) is 21.8 Å². The van der Waals surface area contributed by atoms with E-state index >= 15 is 0 Å². The minimum Gasteiger partial charge on any atom is -0.352 e. The second-order valence-corrected chi connectivity index (χ2v) is 5.86. The summed E-state index contributed by atoms with van der Waals surface area (Å²) in [5.41, 5.74) is 2.08. The van der Waals surface area contributed by atoms with Gasteiger partial charge in [-0.2, -0.15) is 0 Å². The maximum atomic E-state index is 4.47. The molecular weight excluding hydrogens is 405 g/mol. The molecule has 3 nitrogen and oxygen atoms in total. The molecule has 2 aromatic rings. The number of benzene rings is 1. The number of anilines is 1. The number of imidazole rings is 1. The lowest BCUT2D eigenvalue weighted by atomic mass is 10.3. The lowest BCUT2D eigenvalue weighted by Crippen LogP contribution is -2.05. The molecule has 0 saturated carbocycles. The van der Waals surface area contributed by atoms with Crippen molar-refractivity contribution in [3.05, 3.63) is 50.8 Å². The van der Waals surface area contributed by atoms with Gasteiger partial charge in [0.2, 0.25) is 5.95 Å². The topological polar surface area (TPSA) is 29.9 Å². The van der Waals surface area contributed by atoms with E-state index in [1.807, 2.05) is 29.8 Å². The van der Waals surface area contributed by atoms with Crippen molar-refractivity contribution in [2.45, 2.75) is 6.92 Å². The van der Waals surface area contributed by atoms with Crippen LogP contribution in [0.3, 0.4) is 0 Å². The number of nitrogens with zero attached hydrogens (tertiary/aromatic N) is 2. The summed E-state index contributed by atoms with van der Waals surface area (Å²) < 4.78 is 4.32. The molecule has 1 N–H and O–H groups in total. The summed E-state index contributed by atoms with van der Waals surface area (Å²) in [5, 5.41) is 3.24. The van der Waals surface area contributed by atoms with Crippen LogP contribution >= 0.6 is 38.5 Å². The maximum absolute atomic E-state index is 4.47. The van der Waals surface area contributed by atoms with E-state index in [9.17, 15) is 0 Å². The Hall–Kier alpha value is -0.820. The van der Waals surface area contributed by atoms with Gasteiger partial charge in [-0.05, 0) is 63.6 Å². The molecule has 0 saturated heterocycles. The van der Waals surface area contributed by atoms with E-state index in [2.05, 4.69) is 67.5 Å². The highest BCUT2D eigenvalue weighted by Crippen LogP contribution is 2.24. The third-order valence-electron chi connectivity index (χ3n) is 2.41. The zero-order valence-electron chi connectivity index (χ0n) is 9.95. The van der Waals surface area contributed by atoms with Crippen LogP contribution < -0.4 is 5.32 Å². The summed E-state index contributed by atoms with van der Waals surface area (Å²) >= 11 is 5.81. The highest BCUT2D eigenvalue weighted by molar-refractivity contribution is 14.1. The fraction of sp³-hybridized carbons (Fsp3) is 0.154. The van der Waals surface area contributed by atoms with Gasteiger partial charge in [0.05, 0.1) is 5.69 Å². The van der Waals surface area contributed by atoms with Gasteiger partial charge in [0.25, 0.3) is 0 Å². The van der Waals surface area contributed by atoms with Crippen molar-refractivity contribution in [2.24, 2.45) is 0 Å². The molecule has 0 radical (unpaired) electrons. The number of aromatic nitrogens is 2. The Bertz CT molecular complexity index is 578. The predicted molar refractivity (Wildman–Crippen MR) is 87.4 cm³/mol. The van der Waals surface area contributed by atoms with Gasteiger partial charge < -0.3 is 5.32 Å². The number of halogens is 2. The van der Waals surface area contributed by atoms with Gasteiger partial charge in [-0.3, -0.25) is 4.57 Å². The molecule has 0 spiro atoms. The minimum absolute atomic E-state index is 0.698. The minimum atomic E-state index is 0.698. The van der Waals surface area contributed by atoms with E-state index in [1.165, 1.54) is 3.57 Å². The van der Waals surface area contributed by atoms with Gasteiger partial charge in [-0.1, -0.05) is 6.08 Å². The third kappa shape index (κ3) is 2.95. The average molecular weight is 418 g/mol. The molecule has 1 aromatic heterocycles. The summed E-state index contributed by atoms with van der Waals surface area (Å²) in [7, 11) is 0. The Morgan fingerprint density at radius 1 is 1.56 bits per heavy atom. The van der Waals surface area contributed by atoms with Crippen LogP contribution in [-0.2, 0) is 0 Å². The predicted octanol–water partition coefficient (Wildman–Crippen LogP) is 4.15. The molecule has 0 aliphatic heterocycles. The summed E-state index contributed by atoms with van der Waals surface area (Å²) in [6.45, 7) is 6.39. The fourth-order valence-corrected chi connectivity index (χ4v) is 2.36. The highest BCUT2D eigenvalue weighted by Gasteiger charge is 2.08. The van der Waals surface area contributed by atoms with Crippen molar-refractivity contribution in [3.8, 4) is 5.69 Å². The molecule has 0 amide bonds. The third-order valence-corrected chi connectivity index (χ3v) is 4.74. The SMILES string of the molecule is C=CCNc1nc(C)cn1-c1ccc(Br)c(I)c1. The molecule has 0 aliphatic carbocycles. The van der Waals surface area contributed by atoms with Gasteiger partial charge in [0.15, 0.2) is 0 Å². The van der Waals surface area contributed by atoms with E-state index in [-0.39, 0.29) is 0 Å². The Kier molecular flexibility index (Phi) is 4.45. The van der Waals surface area contributed by atoms with Crippen molar-refractivity contribution >= 4 is 44.5 Å². The molecule has 0 atom stereocenters. The lowest BCUT2D eigenvalue weighted by Gasteiger charge is -2.09. The zero-order valence-corrected chi connectivity index (χ0v) is 13.7. The van der Waals surface area contributed by atoms with Crippen molar-refractivity contribution in [1.82, 2.24) is 9.55 Å². The van der Waals surface area contributed by atoms with Crippen molar-refractivity contribution in [2.75, 3.05) is 11.9 Å². The normalized spacial score (nSPS) is 10.4. The molecule has 94 valence electrons. The monoisotopic (exact) mass is 417 g/mol. The average Bonchev–Trinajstić information content (AvgIpc) is 2.71. The van der Waals surface area contributed by atoms with Crippen LogP contribution in [-0.4, -0.2) is 16.1 Å². The molecule has 0 unspecified atom stereocenters. The summed E-state index contributed by atoms with van der Waals surface area (Å²) in [6.07, 6.45) is 3.84. The molecule has 0 aliphatic rings. The molecule has 5 heteroatoms. The molecule has 0 fully saturated rings. The molecule has 1 heterocycles. The zero-order chi connectivity index (χ0) is 13.1. The van der Waals surface area contributed by atoms with Gasteiger partial charge >= 0.3 is 0 Å². The lowest BCUT2D eigenvalue weighted by molar-refractivity contribution is 1.04. The Morgan fingerprint density at radius 3 is 3.00 bits per heavy atom. The largest absolute Gasteiger partial charge is 0.352 e. The summed E-state index contributed by atoms with van der Waals surface area (Å²) in [6, 6.07) is 6.22. The van der Waals surface area contributed by atoms with Crippen molar-refractivity contribution in [3.63, 3.8) is 0 Å². The van der Waals surface area contributed by atoms with Crippen LogP contribution in [0, 0.1) is 10.5 Å². The van der Waals surface area contributed by atoms with E-state index in [4.69, 9.17) is 0 Å². The van der Waals surface area contributed by atoms with E-state index in [0.29, 0.717) is 6.54 Å². The van der Waals surface area contributed by atoms with Crippen molar-refractivity contribution in [1.29, 1.82) is 0 Å². The van der Waals surface area contributed by atoms with Crippen LogP contribution in [0.15, 0.2) is 41.5 Å². The maximum Gasteiger partial charge on any atom is 0.207 e. The van der Waals surface area contributed by atoms with Crippen LogP contribution in [0.25, 0.3) is 5.69 Å². The Morgan fingerprint density at radius 2 is 2.33 bits per heavy atom. The van der Waals surface area contributed by atoms with Gasteiger partial charge in [-0.15, -0.1) is 6.58 Å². The first-order valence-electron chi connectivity index (χ1n) is 5.48. The summed E-state index contributed by atoms with van der Waals surface area (Å²) in [4.78, 5) is 4.47. The first-order chi connectivity index (χ1) is 8.61. The fourth-order valence-electron chi connectivity index (χ4n) is 1.62. The molecule has 1 aromatic carbocycles. The number of aryl methyl sites for hydroxylation is 1. The number of hydrogen-bond donors (Lipinski definition) is 1. The van der Waals surface area contributed by atoms with Crippen LogP contribution in [0.5, 0.6) is 0 Å². The standard InChI is InChI=1S/C13H13BrIN3/c1-3-6-16-13-17-9(2)8-18(13)10-4-5-11(14)12(15)7-10/h3-5,7-8H,1,6H2,2H3,(H,16,17). The van der Waals surface area contributed by atoms with Gasteiger partial charge in [0, 0.05) is 26.5 Å².